The molecule has 7 nitrogen and oxygen atoms in total. The first-order valence-corrected chi connectivity index (χ1v) is 13.3. The monoisotopic (exact) mass is 488 g/mol. The second-order valence-electron chi connectivity index (χ2n) is 9.53. The summed E-state index contributed by atoms with van der Waals surface area (Å²) in [6, 6.07) is 8.42. The maximum absolute atomic E-state index is 14.1. The van der Waals surface area contributed by atoms with Gasteiger partial charge in [-0.2, -0.15) is 0 Å². The lowest BCUT2D eigenvalue weighted by Gasteiger charge is -2.32. The number of carbonyl (C=O) groups is 1. The molecular weight excluding hydrogens is 459 g/mol. The first-order chi connectivity index (χ1) is 16.3. The average molecular weight is 489 g/mol. The van der Waals surface area contributed by atoms with Crippen molar-refractivity contribution < 1.29 is 27.4 Å². The fraction of sp³-hybridized carbons (Fsp3) is 0.480. The highest BCUT2D eigenvalue weighted by Crippen LogP contribution is 2.55. The molecule has 0 aromatic heterocycles. The predicted octanol–water partition coefficient (Wildman–Crippen LogP) is 3.25. The number of ether oxygens (including phenoxy) is 1. The highest BCUT2D eigenvalue weighted by atomic mass is 32.2. The van der Waals surface area contributed by atoms with E-state index in [4.69, 9.17) is 4.74 Å². The maximum atomic E-state index is 14.1. The van der Waals surface area contributed by atoms with Crippen molar-refractivity contribution in [2.45, 2.75) is 43.0 Å². The summed E-state index contributed by atoms with van der Waals surface area (Å²) in [7, 11) is -3.90. The van der Waals surface area contributed by atoms with Gasteiger partial charge in [0.1, 0.15) is 17.1 Å². The third-order valence-corrected chi connectivity index (χ3v) is 8.95. The molecule has 2 N–H and O–H groups in total. The van der Waals surface area contributed by atoms with Crippen LogP contribution in [0.5, 0.6) is 5.75 Å². The number of nitrogens with one attached hydrogen (secondary N) is 1. The molecular formula is C25H29FN2O5S. The van der Waals surface area contributed by atoms with Gasteiger partial charge in [-0.05, 0) is 68.1 Å². The molecule has 0 bridgehead atoms. The molecule has 0 spiro atoms. The molecule has 4 atom stereocenters. The summed E-state index contributed by atoms with van der Waals surface area (Å²) >= 11 is 0. The number of halogens is 1. The van der Waals surface area contributed by atoms with Crippen LogP contribution in [0.3, 0.4) is 0 Å². The molecule has 2 aromatic carbocycles. The lowest BCUT2D eigenvalue weighted by atomic mass is 9.91. The Morgan fingerprint density at radius 2 is 2.12 bits per heavy atom. The van der Waals surface area contributed by atoms with Crippen LogP contribution in [0.1, 0.15) is 47.2 Å². The topological polar surface area (TPSA) is 95.9 Å². The Morgan fingerprint density at radius 1 is 1.29 bits per heavy atom. The van der Waals surface area contributed by atoms with Crippen LogP contribution >= 0.6 is 0 Å². The zero-order valence-electron chi connectivity index (χ0n) is 19.0. The van der Waals surface area contributed by atoms with Crippen molar-refractivity contribution in [1.29, 1.82) is 0 Å². The summed E-state index contributed by atoms with van der Waals surface area (Å²) in [5.74, 6) is -1.13. The van der Waals surface area contributed by atoms with Crippen LogP contribution in [0.2, 0.25) is 0 Å². The predicted molar refractivity (Wildman–Crippen MR) is 124 cm³/mol. The van der Waals surface area contributed by atoms with Gasteiger partial charge < -0.3 is 14.7 Å². The second kappa shape index (κ2) is 8.94. The number of aromatic carboxylic acids is 1. The fourth-order valence-corrected chi connectivity index (χ4v) is 7.16. The van der Waals surface area contributed by atoms with Crippen molar-refractivity contribution in [1.82, 2.24) is 9.62 Å². The van der Waals surface area contributed by atoms with E-state index >= 15 is 0 Å². The van der Waals surface area contributed by atoms with E-state index in [0.29, 0.717) is 23.3 Å². The molecule has 1 saturated heterocycles. The number of nitrogens with zero attached hydrogens (tertiary/aromatic N) is 1. The van der Waals surface area contributed by atoms with Crippen molar-refractivity contribution in [3.8, 4) is 5.75 Å². The molecule has 3 aliphatic rings. The lowest BCUT2D eigenvalue weighted by molar-refractivity contribution is 0.0691. The van der Waals surface area contributed by atoms with E-state index in [1.54, 1.807) is 12.1 Å². The molecule has 1 saturated carbocycles. The van der Waals surface area contributed by atoms with Crippen LogP contribution in [0, 0.1) is 17.7 Å². The van der Waals surface area contributed by atoms with Gasteiger partial charge in [0, 0.05) is 30.0 Å². The van der Waals surface area contributed by atoms with Crippen molar-refractivity contribution in [2.24, 2.45) is 11.8 Å². The number of carboxylic acid groups (broad SMARTS) is 1. The van der Waals surface area contributed by atoms with E-state index < -0.39 is 27.9 Å². The maximum Gasteiger partial charge on any atom is 0.339 e. The molecule has 2 aliphatic heterocycles. The van der Waals surface area contributed by atoms with E-state index in [1.807, 2.05) is 0 Å². The number of hydrogen-bond donors (Lipinski definition) is 2. The van der Waals surface area contributed by atoms with Gasteiger partial charge in [-0.1, -0.05) is 19.1 Å². The Kier molecular flexibility index (Phi) is 6.12. The van der Waals surface area contributed by atoms with Crippen LogP contribution in [-0.2, 0) is 16.4 Å². The van der Waals surface area contributed by atoms with Gasteiger partial charge in [0.25, 0.3) is 0 Å². The highest BCUT2D eigenvalue weighted by molar-refractivity contribution is 7.89. The molecule has 0 radical (unpaired) electrons. The summed E-state index contributed by atoms with van der Waals surface area (Å²) in [6.45, 7) is 5.23. The van der Waals surface area contributed by atoms with E-state index in [0.717, 1.165) is 32.5 Å². The standard InChI is InChI=1S/C25H29FN2O5S/c1-2-28-10-4-5-15(13-28)11-16-12-17(26)8-9-21(16)34(31,32)27-23-20-14-33-24-18(22(20)23)6-3-7-19(24)25(29)30/h3,6-9,12,15,20,22-23,27H,2,4-5,10-11,13-14H2,1H3,(H,29,30). The molecule has 2 fully saturated rings. The van der Waals surface area contributed by atoms with Crippen LogP contribution in [0.25, 0.3) is 0 Å². The van der Waals surface area contributed by atoms with Crippen LogP contribution < -0.4 is 9.46 Å². The number of carboxylic acids is 1. The first-order valence-electron chi connectivity index (χ1n) is 11.8. The van der Waals surface area contributed by atoms with Gasteiger partial charge >= 0.3 is 5.97 Å². The normalized spacial score (nSPS) is 26.3. The Hall–Kier alpha value is -2.49. The Bertz CT molecular complexity index is 1220. The Labute approximate surface area is 199 Å². The quantitative estimate of drug-likeness (QED) is 0.621. The summed E-state index contributed by atoms with van der Waals surface area (Å²) in [5, 5.41) is 9.44. The molecule has 1 aliphatic carbocycles. The van der Waals surface area contributed by atoms with Crippen LogP contribution in [0.15, 0.2) is 41.3 Å². The smallest absolute Gasteiger partial charge is 0.339 e. The molecule has 0 amide bonds. The number of benzene rings is 2. The van der Waals surface area contributed by atoms with E-state index in [1.165, 1.54) is 24.3 Å². The molecule has 182 valence electrons. The van der Waals surface area contributed by atoms with Crippen molar-refractivity contribution in [3.05, 3.63) is 58.9 Å². The van der Waals surface area contributed by atoms with Gasteiger partial charge in [-0.25, -0.2) is 22.3 Å². The zero-order chi connectivity index (χ0) is 24.0. The summed E-state index contributed by atoms with van der Waals surface area (Å²) < 4.78 is 49.5. The third-order valence-electron chi connectivity index (χ3n) is 7.39. The third kappa shape index (κ3) is 4.32. The molecule has 34 heavy (non-hydrogen) atoms. The van der Waals surface area contributed by atoms with E-state index in [-0.39, 0.29) is 34.8 Å². The van der Waals surface area contributed by atoms with Crippen LogP contribution in [0.4, 0.5) is 4.39 Å². The van der Waals surface area contributed by atoms with Gasteiger partial charge in [0.15, 0.2) is 0 Å². The molecule has 4 unspecified atom stereocenters. The fourth-order valence-electron chi connectivity index (χ4n) is 5.62. The van der Waals surface area contributed by atoms with Crippen molar-refractivity contribution in [3.63, 3.8) is 0 Å². The number of para-hydroxylation sites is 1. The average Bonchev–Trinajstić information content (AvgIpc) is 3.50. The number of piperidine rings is 1. The highest BCUT2D eigenvalue weighted by Gasteiger charge is 2.57. The van der Waals surface area contributed by atoms with Gasteiger partial charge in [-0.3, -0.25) is 0 Å². The molecule has 5 rings (SSSR count). The van der Waals surface area contributed by atoms with Gasteiger partial charge in [0.05, 0.1) is 11.5 Å². The van der Waals surface area contributed by atoms with E-state index in [9.17, 15) is 22.7 Å². The number of sulfonamides is 1. The first kappa shape index (κ1) is 23.3. The zero-order valence-corrected chi connectivity index (χ0v) is 19.9. The second-order valence-corrected chi connectivity index (χ2v) is 11.2. The SMILES string of the molecule is CCN1CCCC(Cc2cc(F)ccc2S(=O)(=O)NC2C3COc4c(C(=O)O)cccc4C32)C1. The van der Waals surface area contributed by atoms with Crippen molar-refractivity contribution >= 4 is 16.0 Å². The van der Waals surface area contributed by atoms with Crippen LogP contribution in [-0.4, -0.2) is 56.7 Å². The lowest BCUT2D eigenvalue weighted by Crippen LogP contribution is -2.36. The summed E-state index contributed by atoms with van der Waals surface area (Å²) in [4.78, 5) is 14.0. The largest absolute Gasteiger partial charge is 0.492 e. The Balaban J connectivity index is 1.37. The number of fused-ring (bicyclic) bond motifs is 3. The number of hydrogen-bond acceptors (Lipinski definition) is 5. The number of likely N-dealkylation sites (tertiary alicyclic amines) is 1. The Morgan fingerprint density at radius 3 is 2.88 bits per heavy atom. The molecule has 2 heterocycles. The minimum Gasteiger partial charge on any atom is -0.492 e. The van der Waals surface area contributed by atoms with Gasteiger partial charge in [-0.15, -0.1) is 0 Å². The summed E-state index contributed by atoms with van der Waals surface area (Å²) in [5.41, 5.74) is 1.30. The minimum atomic E-state index is -3.90. The van der Waals surface area contributed by atoms with E-state index in [2.05, 4.69) is 16.5 Å². The molecule has 2 aromatic rings. The number of rotatable bonds is 7. The van der Waals surface area contributed by atoms with Crippen molar-refractivity contribution in [2.75, 3.05) is 26.2 Å². The minimum absolute atomic E-state index is 0.0633. The van der Waals surface area contributed by atoms with Gasteiger partial charge in [0.2, 0.25) is 10.0 Å². The molecule has 9 heteroatoms. The summed E-state index contributed by atoms with van der Waals surface area (Å²) in [6.07, 6.45) is 2.56.